The lowest BCUT2D eigenvalue weighted by atomic mass is 10.0. The van der Waals surface area contributed by atoms with Crippen molar-refractivity contribution in [1.82, 2.24) is 0 Å². The summed E-state index contributed by atoms with van der Waals surface area (Å²) in [5, 5.41) is 0. The summed E-state index contributed by atoms with van der Waals surface area (Å²) in [5.74, 6) is 0.206. The van der Waals surface area contributed by atoms with Crippen molar-refractivity contribution in [3.63, 3.8) is 0 Å². The van der Waals surface area contributed by atoms with Crippen molar-refractivity contribution in [2.24, 2.45) is 0 Å². The molecule has 3 nitrogen and oxygen atoms in total. The molecule has 2 rings (SSSR count). The predicted octanol–water partition coefficient (Wildman–Crippen LogP) is 4.03. The second-order valence-corrected chi connectivity index (χ2v) is 5.27. The minimum Gasteiger partial charge on any atom is -0.497 e. The fraction of sp³-hybridized carbons (Fsp3) is 0.188. The van der Waals surface area contributed by atoms with Crippen LogP contribution < -0.4 is 9.47 Å². The molecule has 0 aliphatic rings. The third kappa shape index (κ3) is 3.61. The minimum absolute atomic E-state index is 0.0581. The van der Waals surface area contributed by atoms with Crippen molar-refractivity contribution >= 4 is 21.7 Å². The van der Waals surface area contributed by atoms with Crippen molar-refractivity contribution in [3.05, 3.63) is 57.8 Å². The van der Waals surface area contributed by atoms with Crippen LogP contribution in [0.1, 0.15) is 15.9 Å². The maximum absolute atomic E-state index is 13.9. The second-order valence-electron chi connectivity index (χ2n) is 4.41. The van der Waals surface area contributed by atoms with Crippen LogP contribution in [0.3, 0.4) is 0 Å². The molecule has 0 atom stereocenters. The first-order valence-corrected chi connectivity index (χ1v) is 7.03. The van der Waals surface area contributed by atoms with E-state index in [1.54, 1.807) is 31.4 Å². The standard InChI is InChI=1S/C16H14BrFO3/c1-20-11-4-5-12(14(18)9-11)15(19)8-10-3-6-16(21-2)13(17)7-10/h3-7,9H,8H2,1-2H3. The second kappa shape index (κ2) is 6.72. The lowest BCUT2D eigenvalue weighted by Gasteiger charge is -2.07. The van der Waals surface area contributed by atoms with Crippen LogP contribution in [0.25, 0.3) is 0 Å². The van der Waals surface area contributed by atoms with Crippen molar-refractivity contribution < 1.29 is 18.7 Å². The summed E-state index contributed by atoms with van der Waals surface area (Å²) in [6, 6.07) is 9.55. The van der Waals surface area contributed by atoms with E-state index in [-0.39, 0.29) is 17.8 Å². The van der Waals surface area contributed by atoms with Crippen molar-refractivity contribution in [3.8, 4) is 11.5 Å². The molecule has 21 heavy (non-hydrogen) atoms. The van der Waals surface area contributed by atoms with E-state index in [2.05, 4.69) is 15.9 Å². The van der Waals surface area contributed by atoms with Crippen LogP contribution in [0, 0.1) is 5.82 Å². The molecule has 0 heterocycles. The quantitative estimate of drug-likeness (QED) is 0.762. The Bertz CT molecular complexity index is 671. The van der Waals surface area contributed by atoms with E-state index >= 15 is 0 Å². The Hall–Kier alpha value is -1.88. The predicted molar refractivity (Wildman–Crippen MR) is 81.7 cm³/mol. The number of benzene rings is 2. The molecular formula is C16H14BrFO3. The van der Waals surface area contributed by atoms with Gasteiger partial charge in [-0.2, -0.15) is 0 Å². The molecule has 0 aromatic heterocycles. The molecule has 0 spiro atoms. The van der Waals surface area contributed by atoms with Gasteiger partial charge >= 0.3 is 0 Å². The van der Waals surface area contributed by atoms with Gasteiger partial charge in [-0.25, -0.2) is 4.39 Å². The highest BCUT2D eigenvalue weighted by atomic mass is 79.9. The van der Waals surface area contributed by atoms with E-state index < -0.39 is 5.82 Å². The highest BCUT2D eigenvalue weighted by molar-refractivity contribution is 9.10. The number of ether oxygens (including phenoxy) is 2. The molecule has 110 valence electrons. The van der Waals surface area contributed by atoms with Crippen LogP contribution in [-0.4, -0.2) is 20.0 Å². The molecule has 0 saturated carbocycles. The summed E-state index contributed by atoms with van der Waals surface area (Å²) in [7, 11) is 3.02. The van der Waals surface area contributed by atoms with Crippen molar-refractivity contribution in [2.75, 3.05) is 14.2 Å². The van der Waals surface area contributed by atoms with Crippen LogP contribution >= 0.6 is 15.9 Å². The Morgan fingerprint density at radius 3 is 2.48 bits per heavy atom. The van der Waals surface area contributed by atoms with E-state index in [4.69, 9.17) is 9.47 Å². The summed E-state index contributed by atoms with van der Waals surface area (Å²) < 4.78 is 24.7. The molecule has 2 aromatic carbocycles. The van der Waals surface area contributed by atoms with E-state index in [0.717, 1.165) is 10.0 Å². The maximum Gasteiger partial charge on any atom is 0.170 e. The van der Waals surface area contributed by atoms with Gasteiger partial charge < -0.3 is 9.47 Å². The third-order valence-corrected chi connectivity index (χ3v) is 3.68. The Morgan fingerprint density at radius 1 is 1.14 bits per heavy atom. The van der Waals surface area contributed by atoms with Gasteiger partial charge in [-0.3, -0.25) is 4.79 Å². The Morgan fingerprint density at radius 2 is 1.90 bits per heavy atom. The van der Waals surface area contributed by atoms with Gasteiger partial charge in [-0.05, 0) is 45.8 Å². The highest BCUT2D eigenvalue weighted by Crippen LogP contribution is 2.26. The summed E-state index contributed by atoms with van der Waals surface area (Å²) in [4.78, 5) is 12.2. The lowest BCUT2D eigenvalue weighted by Crippen LogP contribution is -2.06. The van der Waals surface area contributed by atoms with Crippen LogP contribution in [0.4, 0.5) is 4.39 Å². The number of hydrogen-bond acceptors (Lipinski definition) is 3. The molecule has 0 amide bonds. The molecule has 0 saturated heterocycles. The van der Waals surface area contributed by atoms with Gasteiger partial charge in [-0.15, -0.1) is 0 Å². The number of carbonyl (C=O) groups is 1. The summed E-state index contributed by atoms with van der Waals surface area (Å²) >= 11 is 3.36. The number of Topliss-reactive ketones (excluding diaryl/α,β-unsaturated/α-hetero) is 1. The Labute approximate surface area is 130 Å². The monoisotopic (exact) mass is 352 g/mol. The van der Waals surface area contributed by atoms with E-state index in [9.17, 15) is 9.18 Å². The lowest BCUT2D eigenvalue weighted by molar-refractivity contribution is 0.0989. The van der Waals surface area contributed by atoms with Crippen molar-refractivity contribution in [1.29, 1.82) is 0 Å². The molecule has 0 aliphatic carbocycles. The Kier molecular flexibility index (Phi) is 4.96. The fourth-order valence-corrected chi connectivity index (χ4v) is 2.54. The van der Waals surface area contributed by atoms with Gasteiger partial charge in [-0.1, -0.05) is 6.07 Å². The summed E-state index contributed by atoms with van der Waals surface area (Å²) in [5.41, 5.74) is 0.839. The van der Waals surface area contributed by atoms with Crippen LogP contribution in [0.15, 0.2) is 40.9 Å². The van der Waals surface area contributed by atoms with Crippen molar-refractivity contribution in [2.45, 2.75) is 6.42 Å². The summed E-state index contributed by atoms with van der Waals surface area (Å²) in [6.07, 6.45) is 0.117. The topological polar surface area (TPSA) is 35.5 Å². The van der Waals surface area contributed by atoms with E-state index in [0.29, 0.717) is 11.5 Å². The van der Waals surface area contributed by atoms with E-state index in [1.165, 1.54) is 19.2 Å². The number of methoxy groups -OCH3 is 2. The number of hydrogen-bond donors (Lipinski definition) is 0. The first-order valence-electron chi connectivity index (χ1n) is 6.24. The molecular weight excluding hydrogens is 339 g/mol. The molecule has 0 unspecified atom stereocenters. The van der Waals surface area contributed by atoms with Gasteiger partial charge in [0, 0.05) is 12.5 Å². The van der Waals surface area contributed by atoms with Gasteiger partial charge in [0.05, 0.1) is 24.3 Å². The number of carbonyl (C=O) groups excluding carboxylic acids is 1. The number of halogens is 2. The molecule has 0 N–H and O–H groups in total. The van der Waals surface area contributed by atoms with Crippen LogP contribution in [0.5, 0.6) is 11.5 Å². The van der Waals surface area contributed by atoms with Gasteiger partial charge in [0.15, 0.2) is 5.78 Å². The first-order chi connectivity index (χ1) is 10.0. The van der Waals surface area contributed by atoms with Gasteiger partial charge in [0.2, 0.25) is 0 Å². The van der Waals surface area contributed by atoms with Crippen LogP contribution in [0.2, 0.25) is 0 Å². The number of ketones is 1. The van der Waals surface area contributed by atoms with Gasteiger partial charge in [0.1, 0.15) is 17.3 Å². The first kappa shape index (κ1) is 15.5. The zero-order valence-corrected chi connectivity index (χ0v) is 13.2. The zero-order chi connectivity index (χ0) is 15.4. The third-order valence-electron chi connectivity index (χ3n) is 3.06. The minimum atomic E-state index is -0.577. The smallest absolute Gasteiger partial charge is 0.170 e. The largest absolute Gasteiger partial charge is 0.497 e. The average molecular weight is 353 g/mol. The normalized spacial score (nSPS) is 10.3. The fourth-order valence-electron chi connectivity index (χ4n) is 1.95. The highest BCUT2D eigenvalue weighted by Gasteiger charge is 2.14. The molecule has 0 fully saturated rings. The number of rotatable bonds is 5. The molecule has 0 aliphatic heterocycles. The molecule has 0 radical (unpaired) electrons. The maximum atomic E-state index is 13.9. The Balaban J connectivity index is 2.20. The summed E-state index contributed by atoms with van der Waals surface area (Å²) in [6.45, 7) is 0. The van der Waals surface area contributed by atoms with Gasteiger partial charge in [0.25, 0.3) is 0 Å². The molecule has 2 aromatic rings. The van der Waals surface area contributed by atoms with E-state index in [1.807, 2.05) is 0 Å². The average Bonchev–Trinajstić information content (AvgIpc) is 2.47. The molecule has 5 heteroatoms. The van der Waals surface area contributed by atoms with Crippen LogP contribution in [-0.2, 0) is 6.42 Å². The zero-order valence-electron chi connectivity index (χ0n) is 11.7. The SMILES string of the molecule is COc1ccc(C(=O)Cc2ccc(OC)c(Br)c2)c(F)c1. The molecule has 0 bridgehead atoms.